The van der Waals surface area contributed by atoms with E-state index in [0.29, 0.717) is 4.90 Å². The van der Waals surface area contributed by atoms with Gasteiger partial charge in [-0.15, -0.1) is 0 Å². The zero-order valence-corrected chi connectivity index (χ0v) is 13.2. The SMILES string of the molecule is Cc1ccc([S-](=O)=O)cc1.[CH2-]CCCCCC.[Mn+2]. The maximum atomic E-state index is 10.3. The number of benzene rings is 1. The summed E-state index contributed by atoms with van der Waals surface area (Å²) in [5.41, 5.74) is 1.06. The van der Waals surface area contributed by atoms with Gasteiger partial charge in [0, 0.05) is 0 Å². The van der Waals surface area contributed by atoms with E-state index in [-0.39, 0.29) is 17.1 Å². The van der Waals surface area contributed by atoms with Crippen molar-refractivity contribution in [1.29, 1.82) is 0 Å². The summed E-state index contributed by atoms with van der Waals surface area (Å²) in [6.07, 6.45) is 6.52. The van der Waals surface area contributed by atoms with Crippen molar-refractivity contribution >= 4 is 10.7 Å². The second-order valence-electron chi connectivity index (χ2n) is 3.96. The molecule has 0 unspecified atom stereocenters. The first-order chi connectivity index (χ1) is 8.11. The fraction of sp³-hybridized carbons (Fsp3) is 0.500. The monoisotopic (exact) mass is 309 g/mol. The van der Waals surface area contributed by atoms with Gasteiger partial charge < -0.3 is 15.3 Å². The Morgan fingerprint density at radius 2 is 1.61 bits per heavy atom. The van der Waals surface area contributed by atoms with Crippen molar-refractivity contribution in [2.45, 2.75) is 50.8 Å². The topological polar surface area (TPSA) is 34.1 Å². The van der Waals surface area contributed by atoms with Crippen molar-refractivity contribution in [3.63, 3.8) is 0 Å². The van der Waals surface area contributed by atoms with Crippen LogP contribution in [0.3, 0.4) is 0 Å². The van der Waals surface area contributed by atoms with E-state index in [9.17, 15) is 8.42 Å². The first kappa shape index (κ1) is 20.0. The van der Waals surface area contributed by atoms with Gasteiger partial charge in [-0.1, -0.05) is 67.3 Å². The molecule has 1 aromatic carbocycles. The van der Waals surface area contributed by atoms with Crippen LogP contribution < -0.4 is 0 Å². The molecular formula is C14H22MnO2S. The van der Waals surface area contributed by atoms with E-state index >= 15 is 0 Å². The second-order valence-corrected chi connectivity index (χ2v) is 4.90. The smallest absolute Gasteiger partial charge is 0.420 e. The van der Waals surface area contributed by atoms with Gasteiger partial charge in [-0.2, -0.15) is 6.42 Å². The Labute approximate surface area is 124 Å². The van der Waals surface area contributed by atoms with Crippen molar-refractivity contribution in [1.82, 2.24) is 0 Å². The van der Waals surface area contributed by atoms with Gasteiger partial charge in [-0.25, -0.2) is 0 Å². The third-order valence-electron chi connectivity index (χ3n) is 2.32. The fourth-order valence-electron chi connectivity index (χ4n) is 1.25. The van der Waals surface area contributed by atoms with Crippen molar-refractivity contribution < 1.29 is 25.5 Å². The summed E-state index contributed by atoms with van der Waals surface area (Å²) in [6, 6.07) is 6.70. The van der Waals surface area contributed by atoms with E-state index in [2.05, 4.69) is 13.8 Å². The van der Waals surface area contributed by atoms with Crippen LogP contribution in [0.5, 0.6) is 0 Å². The van der Waals surface area contributed by atoms with Gasteiger partial charge in [0.25, 0.3) is 0 Å². The van der Waals surface area contributed by atoms with E-state index < -0.39 is 10.7 Å². The van der Waals surface area contributed by atoms with Crippen LogP contribution in [0.25, 0.3) is 0 Å². The molecule has 2 nitrogen and oxygen atoms in total. The number of hydrogen-bond donors (Lipinski definition) is 0. The van der Waals surface area contributed by atoms with Crippen LogP contribution in [0, 0.1) is 13.8 Å². The molecule has 0 saturated carbocycles. The van der Waals surface area contributed by atoms with E-state index in [1.54, 1.807) is 24.3 Å². The molecule has 1 radical (unpaired) electrons. The molecule has 0 aliphatic carbocycles. The molecule has 4 heteroatoms. The van der Waals surface area contributed by atoms with Crippen molar-refractivity contribution in [2.24, 2.45) is 0 Å². The van der Waals surface area contributed by atoms with Crippen molar-refractivity contribution in [3.8, 4) is 0 Å². The van der Waals surface area contributed by atoms with Crippen LogP contribution >= 0.6 is 0 Å². The summed E-state index contributed by atoms with van der Waals surface area (Å²) in [4.78, 5) is 0.339. The molecule has 0 atom stereocenters. The van der Waals surface area contributed by atoms with E-state index in [1.807, 2.05) is 6.92 Å². The molecule has 0 heterocycles. The third-order valence-corrected chi connectivity index (χ3v) is 2.97. The minimum absolute atomic E-state index is 0. The van der Waals surface area contributed by atoms with Crippen LogP contribution in [0.15, 0.2) is 29.2 Å². The van der Waals surface area contributed by atoms with Crippen LogP contribution in [0.4, 0.5) is 0 Å². The second kappa shape index (κ2) is 13.1. The first-order valence-corrected chi connectivity index (χ1v) is 7.14. The van der Waals surface area contributed by atoms with E-state index in [1.165, 1.54) is 25.7 Å². The van der Waals surface area contributed by atoms with E-state index in [0.717, 1.165) is 12.0 Å². The largest absolute Gasteiger partial charge is 2.00 e. The molecule has 0 fully saturated rings. The summed E-state index contributed by atoms with van der Waals surface area (Å²) in [7, 11) is -2.09. The predicted molar refractivity (Wildman–Crippen MR) is 72.3 cm³/mol. The maximum absolute atomic E-state index is 10.3. The van der Waals surface area contributed by atoms with Gasteiger partial charge in [0.15, 0.2) is 0 Å². The summed E-state index contributed by atoms with van der Waals surface area (Å²) < 4.78 is 20.6. The normalized spacial score (nSPS) is 9.33. The molecule has 18 heavy (non-hydrogen) atoms. The molecule has 0 aromatic heterocycles. The number of unbranched alkanes of at least 4 members (excludes halogenated alkanes) is 4. The number of aryl methyl sites for hydroxylation is 1. The molecule has 0 aliphatic heterocycles. The van der Waals surface area contributed by atoms with Gasteiger partial charge in [0.2, 0.25) is 0 Å². The summed E-state index contributed by atoms with van der Waals surface area (Å²) in [5.74, 6) is 0. The number of rotatable bonds is 5. The molecule has 0 N–H and O–H groups in total. The van der Waals surface area contributed by atoms with Gasteiger partial charge in [0.1, 0.15) is 0 Å². The maximum Gasteiger partial charge on any atom is 2.00 e. The molecule has 0 spiro atoms. The van der Waals surface area contributed by atoms with Gasteiger partial charge in [-0.3, -0.25) is 0 Å². The zero-order valence-electron chi connectivity index (χ0n) is 11.2. The third kappa shape index (κ3) is 10.8. The van der Waals surface area contributed by atoms with E-state index in [4.69, 9.17) is 0 Å². The standard InChI is InChI=1S/C7H7O2S.C7H15.Mn/c1-6-2-4-7(5-3-6)10(8)9;1-3-5-7-6-4-2;/h2-5H,1H3;1,3-7H2,2H3;/q2*-1;+2. The van der Waals surface area contributed by atoms with Gasteiger partial charge in [-0.05, 0) is 17.6 Å². The summed E-state index contributed by atoms with van der Waals surface area (Å²) >= 11 is 0. The molecule has 0 saturated heterocycles. The average Bonchev–Trinajstić information content (AvgIpc) is 2.31. The molecule has 0 amide bonds. The van der Waals surface area contributed by atoms with Crippen LogP contribution in [-0.4, -0.2) is 0 Å². The fourth-order valence-corrected chi connectivity index (χ4v) is 1.61. The Morgan fingerprint density at radius 1 is 1.06 bits per heavy atom. The Bertz CT molecular complexity index is 347. The quantitative estimate of drug-likeness (QED) is 0.348. The van der Waals surface area contributed by atoms with Crippen LogP contribution in [0.1, 0.15) is 44.6 Å². The first-order valence-electron chi connectivity index (χ1n) is 6.07. The Morgan fingerprint density at radius 3 is 2.00 bits per heavy atom. The summed E-state index contributed by atoms with van der Waals surface area (Å²) in [6.45, 7) is 7.90. The minimum Gasteiger partial charge on any atom is -0.420 e. The zero-order chi connectivity index (χ0) is 13.1. The van der Waals surface area contributed by atoms with Crippen LogP contribution in [0.2, 0.25) is 0 Å². The molecule has 0 bridgehead atoms. The molecular weight excluding hydrogens is 287 g/mol. The van der Waals surface area contributed by atoms with Crippen molar-refractivity contribution in [3.05, 3.63) is 36.8 Å². The van der Waals surface area contributed by atoms with Gasteiger partial charge in [0.05, 0.1) is 0 Å². The summed E-state index contributed by atoms with van der Waals surface area (Å²) in [5, 5.41) is 0. The Kier molecular flexibility index (Phi) is 14.6. The average molecular weight is 309 g/mol. The predicted octanol–water partition coefficient (Wildman–Crippen LogP) is 4.45. The Hall–Kier alpha value is -0.311. The van der Waals surface area contributed by atoms with Crippen molar-refractivity contribution in [2.75, 3.05) is 0 Å². The Balaban J connectivity index is 0. The molecule has 0 aliphatic rings. The molecule has 1 rings (SSSR count). The molecule has 103 valence electrons. The van der Waals surface area contributed by atoms with Crippen LogP contribution in [-0.2, 0) is 36.2 Å². The number of hydrogen-bond acceptors (Lipinski definition) is 3. The van der Waals surface area contributed by atoms with Gasteiger partial charge >= 0.3 is 17.1 Å². The minimum atomic E-state index is -2.09. The molecule has 1 aromatic rings.